The molecule has 5 nitrogen and oxygen atoms in total. The minimum absolute atomic E-state index is 0.0141. The van der Waals surface area contributed by atoms with Crippen LogP contribution in [-0.2, 0) is 4.79 Å². The van der Waals surface area contributed by atoms with E-state index in [2.05, 4.69) is 26.2 Å². The van der Waals surface area contributed by atoms with Crippen molar-refractivity contribution in [2.24, 2.45) is 0 Å². The molecule has 0 bridgehead atoms. The van der Waals surface area contributed by atoms with Crippen LogP contribution in [0.5, 0.6) is 0 Å². The van der Waals surface area contributed by atoms with Gasteiger partial charge in [0.2, 0.25) is 5.91 Å². The molecule has 2 aromatic rings. The van der Waals surface area contributed by atoms with Crippen LogP contribution in [0.2, 0.25) is 0 Å². The Morgan fingerprint density at radius 2 is 2.00 bits per heavy atom. The molecule has 1 saturated heterocycles. The molecule has 1 N–H and O–H groups in total. The van der Waals surface area contributed by atoms with Crippen molar-refractivity contribution in [3.05, 3.63) is 52.1 Å². The molecule has 1 atom stereocenters. The van der Waals surface area contributed by atoms with Crippen molar-refractivity contribution in [2.75, 3.05) is 6.54 Å². The molecule has 140 valence electrons. The second-order valence-corrected chi connectivity index (χ2v) is 8.19. The van der Waals surface area contributed by atoms with Gasteiger partial charge in [0.05, 0.1) is 17.0 Å². The van der Waals surface area contributed by atoms with Crippen molar-refractivity contribution >= 4 is 27.7 Å². The van der Waals surface area contributed by atoms with E-state index >= 15 is 0 Å². The highest BCUT2D eigenvalue weighted by Crippen LogP contribution is 2.26. The number of halogens is 1. The predicted octanol–water partition coefficient (Wildman–Crippen LogP) is 3.70. The fourth-order valence-corrected chi connectivity index (χ4v) is 3.96. The maximum Gasteiger partial charge on any atom is 0.256 e. The van der Waals surface area contributed by atoms with E-state index in [1.807, 2.05) is 43.3 Å². The SMILES string of the molecule is Cc1nc(-c2cccc(Br)c2)ccc1C(=O)N1CCCC1C(=O)NC1CC1. The van der Waals surface area contributed by atoms with Gasteiger partial charge in [-0.05, 0) is 56.9 Å². The van der Waals surface area contributed by atoms with Gasteiger partial charge in [0, 0.05) is 22.6 Å². The molecule has 1 aromatic carbocycles. The van der Waals surface area contributed by atoms with Gasteiger partial charge in [0.15, 0.2) is 0 Å². The van der Waals surface area contributed by atoms with E-state index in [1.54, 1.807) is 4.90 Å². The Kier molecular flexibility index (Phi) is 5.00. The lowest BCUT2D eigenvalue weighted by Gasteiger charge is -2.24. The Labute approximate surface area is 167 Å². The average molecular weight is 428 g/mol. The third kappa shape index (κ3) is 3.90. The number of aryl methyl sites for hydroxylation is 1. The van der Waals surface area contributed by atoms with E-state index in [-0.39, 0.29) is 17.9 Å². The molecule has 0 spiro atoms. The van der Waals surface area contributed by atoms with Crippen molar-refractivity contribution in [2.45, 2.75) is 44.7 Å². The second kappa shape index (κ2) is 7.43. The molecule has 2 amide bonds. The van der Waals surface area contributed by atoms with Gasteiger partial charge in [0.1, 0.15) is 6.04 Å². The summed E-state index contributed by atoms with van der Waals surface area (Å²) in [7, 11) is 0. The van der Waals surface area contributed by atoms with Crippen LogP contribution < -0.4 is 5.32 Å². The molecule has 2 fully saturated rings. The van der Waals surface area contributed by atoms with Crippen LogP contribution in [0.1, 0.15) is 41.7 Å². The van der Waals surface area contributed by atoms with E-state index in [4.69, 9.17) is 0 Å². The van der Waals surface area contributed by atoms with Gasteiger partial charge in [-0.25, -0.2) is 0 Å². The summed E-state index contributed by atoms with van der Waals surface area (Å²) >= 11 is 3.48. The number of likely N-dealkylation sites (tertiary alicyclic amines) is 1. The number of nitrogens with zero attached hydrogens (tertiary/aromatic N) is 2. The Morgan fingerprint density at radius 3 is 2.70 bits per heavy atom. The first-order valence-electron chi connectivity index (χ1n) is 9.38. The van der Waals surface area contributed by atoms with Gasteiger partial charge in [0.25, 0.3) is 5.91 Å². The summed E-state index contributed by atoms with van der Waals surface area (Å²) in [5.74, 6) is -0.117. The lowest BCUT2D eigenvalue weighted by atomic mass is 10.1. The maximum absolute atomic E-state index is 13.1. The molecule has 6 heteroatoms. The number of aromatic nitrogens is 1. The molecule has 2 heterocycles. The van der Waals surface area contributed by atoms with E-state index in [1.165, 1.54) is 0 Å². The standard InChI is InChI=1S/C21H22BrN3O2/c1-13-17(9-10-18(23-13)14-4-2-5-15(22)12-14)21(27)25-11-3-6-19(25)20(26)24-16-7-8-16/h2,4-5,9-10,12,16,19H,3,6-8,11H2,1H3,(H,24,26). The predicted molar refractivity (Wildman–Crippen MR) is 107 cm³/mol. The van der Waals surface area contributed by atoms with Gasteiger partial charge < -0.3 is 10.2 Å². The summed E-state index contributed by atoms with van der Waals surface area (Å²) in [5.41, 5.74) is 3.08. The fourth-order valence-electron chi connectivity index (χ4n) is 3.56. The summed E-state index contributed by atoms with van der Waals surface area (Å²) in [6.07, 6.45) is 3.68. The molecular formula is C21H22BrN3O2. The average Bonchev–Trinajstić information content (AvgIpc) is 3.32. The van der Waals surface area contributed by atoms with Gasteiger partial charge in [-0.1, -0.05) is 28.1 Å². The molecule has 27 heavy (non-hydrogen) atoms. The van der Waals surface area contributed by atoms with E-state index < -0.39 is 0 Å². The Balaban J connectivity index is 1.55. The summed E-state index contributed by atoms with van der Waals surface area (Å²) in [6, 6.07) is 11.6. The lowest BCUT2D eigenvalue weighted by molar-refractivity contribution is -0.125. The number of carbonyl (C=O) groups is 2. The van der Waals surface area contributed by atoms with Crippen molar-refractivity contribution in [3.63, 3.8) is 0 Å². The third-order valence-corrected chi connectivity index (χ3v) is 5.67. The third-order valence-electron chi connectivity index (χ3n) is 5.18. The van der Waals surface area contributed by atoms with Crippen LogP contribution >= 0.6 is 15.9 Å². The molecule has 2 aliphatic rings. The monoisotopic (exact) mass is 427 g/mol. The Hall–Kier alpha value is -2.21. The van der Waals surface area contributed by atoms with Crippen LogP contribution in [0.3, 0.4) is 0 Å². The number of pyridine rings is 1. The first-order chi connectivity index (χ1) is 13.0. The minimum atomic E-state index is -0.359. The van der Waals surface area contributed by atoms with E-state index in [0.29, 0.717) is 23.8 Å². The van der Waals surface area contributed by atoms with Gasteiger partial charge in [-0.3, -0.25) is 14.6 Å². The summed E-state index contributed by atoms with van der Waals surface area (Å²) in [6.45, 7) is 2.47. The molecule has 0 radical (unpaired) electrons. The van der Waals surface area contributed by atoms with Crippen LogP contribution in [0.25, 0.3) is 11.3 Å². The van der Waals surface area contributed by atoms with Gasteiger partial charge >= 0.3 is 0 Å². The quantitative estimate of drug-likeness (QED) is 0.808. The van der Waals surface area contributed by atoms with Crippen LogP contribution in [0.4, 0.5) is 0 Å². The van der Waals surface area contributed by atoms with Crippen LogP contribution in [0, 0.1) is 6.92 Å². The smallest absolute Gasteiger partial charge is 0.256 e. The molecule has 1 saturated carbocycles. The van der Waals surface area contributed by atoms with Crippen LogP contribution in [-0.4, -0.2) is 40.3 Å². The molecule has 4 rings (SSSR count). The number of benzene rings is 1. The second-order valence-electron chi connectivity index (χ2n) is 7.28. The zero-order valence-corrected chi connectivity index (χ0v) is 16.8. The number of rotatable bonds is 4. The number of hydrogen-bond acceptors (Lipinski definition) is 3. The molecule has 1 aliphatic carbocycles. The first-order valence-corrected chi connectivity index (χ1v) is 10.2. The topological polar surface area (TPSA) is 62.3 Å². The first kappa shape index (κ1) is 18.2. The highest BCUT2D eigenvalue weighted by Gasteiger charge is 2.37. The number of hydrogen-bond donors (Lipinski definition) is 1. The molecular weight excluding hydrogens is 406 g/mol. The Morgan fingerprint density at radius 1 is 1.19 bits per heavy atom. The zero-order chi connectivity index (χ0) is 19.0. The van der Waals surface area contributed by atoms with Crippen molar-refractivity contribution < 1.29 is 9.59 Å². The lowest BCUT2D eigenvalue weighted by Crippen LogP contribution is -2.46. The van der Waals surface area contributed by atoms with Crippen molar-refractivity contribution in [3.8, 4) is 11.3 Å². The minimum Gasteiger partial charge on any atom is -0.352 e. The number of carbonyl (C=O) groups excluding carboxylic acids is 2. The summed E-state index contributed by atoms with van der Waals surface area (Å²) in [4.78, 5) is 31.9. The van der Waals surface area contributed by atoms with Crippen molar-refractivity contribution in [1.82, 2.24) is 15.2 Å². The molecule has 1 unspecified atom stereocenters. The largest absolute Gasteiger partial charge is 0.352 e. The Bertz CT molecular complexity index is 895. The van der Waals surface area contributed by atoms with E-state index in [9.17, 15) is 9.59 Å². The highest BCUT2D eigenvalue weighted by atomic mass is 79.9. The maximum atomic E-state index is 13.1. The zero-order valence-electron chi connectivity index (χ0n) is 15.2. The highest BCUT2D eigenvalue weighted by molar-refractivity contribution is 9.10. The number of nitrogens with one attached hydrogen (secondary N) is 1. The molecule has 1 aliphatic heterocycles. The summed E-state index contributed by atoms with van der Waals surface area (Å²) in [5, 5.41) is 3.03. The summed E-state index contributed by atoms with van der Waals surface area (Å²) < 4.78 is 0.987. The van der Waals surface area contributed by atoms with Gasteiger partial charge in [-0.2, -0.15) is 0 Å². The van der Waals surface area contributed by atoms with Crippen LogP contribution in [0.15, 0.2) is 40.9 Å². The van der Waals surface area contributed by atoms with Crippen molar-refractivity contribution in [1.29, 1.82) is 0 Å². The van der Waals surface area contributed by atoms with E-state index in [0.717, 1.165) is 41.4 Å². The fraction of sp³-hybridized carbons (Fsp3) is 0.381. The normalized spacial score (nSPS) is 19.2. The number of amides is 2. The van der Waals surface area contributed by atoms with Gasteiger partial charge in [-0.15, -0.1) is 0 Å². The molecule has 1 aromatic heterocycles.